The number of ether oxygens (including phenoxy) is 1. The van der Waals surface area contributed by atoms with Gasteiger partial charge >= 0.3 is 0 Å². The van der Waals surface area contributed by atoms with E-state index < -0.39 is 11.6 Å². The molecular formula is C16H23F2NO. The Morgan fingerprint density at radius 3 is 2.65 bits per heavy atom. The van der Waals surface area contributed by atoms with Crippen molar-refractivity contribution in [3.63, 3.8) is 0 Å². The Balaban J connectivity index is 2.15. The quantitative estimate of drug-likeness (QED) is 0.915. The van der Waals surface area contributed by atoms with Crippen LogP contribution in [0.25, 0.3) is 0 Å². The van der Waals surface area contributed by atoms with Crippen LogP contribution >= 0.6 is 0 Å². The summed E-state index contributed by atoms with van der Waals surface area (Å²) in [6, 6.07) is 4.38. The minimum Gasteiger partial charge on any atom is -0.381 e. The van der Waals surface area contributed by atoms with Gasteiger partial charge in [-0.25, -0.2) is 8.78 Å². The van der Waals surface area contributed by atoms with Crippen molar-refractivity contribution in [3.05, 3.63) is 35.4 Å². The van der Waals surface area contributed by atoms with Gasteiger partial charge in [0.15, 0.2) is 11.6 Å². The number of nitrogens with one attached hydrogen (secondary N) is 1. The molecule has 0 spiro atoms. The molecule has 0 saturated carbocycles. The van der Waals surface area contributed by atoms with Gasteiger partial charge in [-0.2, -0.15) is 0 Å². The molecule has 112 valence electrons. The van der Waals surface area contributed by atoms with Gasteiger partial charge in [-0.3, -0.25) is 0 Å². The minimum atomic E-state index is -0.777. The van der Waals surface area contributed by atoms with Gasteiger partial charge in [0, 0.05) is 24.1 Å². The number of hydrogen-bond donors (Lipinski definition) is 1. The van der Waals surface area contributed by atoms with Crippen LogP contribution < -0.4 is 5.32 Å². The van der Waals surface area contributed by atoms with E-state index in [1.54, 1.807) is 12.1 Å². The van der Waals surface area contributed by atoms with E-state index in [0.29, 0.717) is 25.2 Å². The summed E-state index contributed by atoms with van der Waals surface area (Å²) in [7, 11) is 0. The van der Waals surface area contributed by atoms with Gasteiger partial charge in [-0.15, -0.1) is 0 Å². The van der Waals surface area contributed by atoms with Crippen molar-refractivity contribution in [2.24, 2.45) is 5.41 Å². The number of hydrogen-bond acceptors (Lipinski definition) is 2. The van der Waals surface area contributed by atoms with Crippen molar-refractivity contribution < 1.29 is 13.5 Å². The van der Waals surface area contributed by atoms with Crippen molar-refractivity contribution in [2.45, 2.75) is 39.2 Å². The van der Waals surface area contributed by atoms with Crippen molar-refractivity contribution in [1.82, 2.24) is 5.32 Å². The molecule has 1 saturated heterocycles. The summed E-state index contributed by atoms with van der Waals surface area (Å²) in [5, 5.41) is 3.46. The van der Waals surface area contributed by atoms with Crippen LogP contribution in [-0.2, 0) is 11.2 Å². The highest BCUT2D eigenvalue weighted by Crippen LogP contribution is 2.33. The third-order valence-electron chi connectivity index (χ3n) is 3.78. The van der Waals surface area contributed by atoms with Crippen LogP contribution in [0, 0.1) is 17.0 Å². The number of rotatable bonds is 4. The first-order valence-corrected chi connectivity index (χ1v) is 7.07. The maximum atomic E-state index is 13.9. The molecule has 1 heterocycles. The molecule has 1 aromatic carbocycles. The first-order valence-electron chi connectivity index (χ1n) is 7.07. The Morgan fingerprint density at radius 1 is 1.30 bits per heavy atom. The maximum absolute atomic E-state index is 13.9. The molecule has 0 bridgehead atoms. The van der Waals surface area contributed by atoms with Crippen molar-refractivity contribution in [1.29, 1.82) is 0 Å². The Morgan fingerprint density at radius 2 is 2.05 bits per heavy atom. The zero-order chi connectivity index (χ0) is 14.8. The van der Waals surface area contributed by atoms with Gasteiger partial charge in [0.1, 0.15) is 0 Å². The van der Waals surface area contributed by atoms with Gasteiger partial charge < -0.3 is 10.1 Å². The highest BCUT2D eigenvalue weighted by Gasteiger charge is 2.36. The van der Waals surface area contributed by atoms with Crippen LogP contribution in [0.3, 0.4) is 0 Å². The normalized spacial score (nSPS) is 23.2. The average Bonchev–Trinajstić information content (AvgIpc) is 2.81. The zero-order valence-electron chi connectivity index (χ0n) is 12.4. The molecule has 2 nitrogen and oxygen atoms in total. The Hall–Kier alpha value is -1.00. The van der Waals surface area contributed by atoms with Crippen molar-refractivity contribution in [2.75, 3.05) is 19.8 Å². The second-order valence-corrected chi connectivity index (χ2v) is 6.80. The van der Waals surface area contributed by atoms with Gasteiger partial charge in [0.05, 0.1) is 6.61 Å². The smallest absolute Gasteiger partial charge is 0.162 e. The Labute approximate surface area is 119 Å². The lowest BCUT2D eigenvalue weighted by atomic mass is 9.80. The molecule has 20 heavy (non-hydrogen) atoms. The van der Waals surface area contributed by atoms with E-state index in [4.69, 9.17) is 4.74 Å². The van der Waals surface area contributed by atoms with E-state index in [-0.39, 0.29) is 11.0 Å². The van der Waals surface area contributed by atoms with E-state index in [2.05, 4.69) is 26.1 Å². The SMILES string of the molecule is CC(C)(C)NCC1(Cc2cccc(F)c2F)CCOC1. The van der Waals surface area contributed by atoms with Gasteiger partial charge in [0.25, 0.3) is 0 Å². The zero-order valence-corrected chi connectivity index (χ0v) is 12.4. The summed E-state index contributed by atoms with van der Waals surface area (Å²) >= 11 is 0. The van der Waals surface area contributed by atoms with E-state index in [1.807, 2.05) is 0 Å². The van der Waals surface area contributed by atoms with Crippen LogP contribution in [0.1, 0.15) is 32.8 Å². The predicted octanol–water partition coefficient (Wildman–Crippen LogP) is 3.30. The molecule has 2 rings (SSSR count). The van der Waals surface area contributed by atoms with E-state index >= 15 is 0 Å². The van der Waals surface area contributed by atoms with Gasteiger partial charge in [0.2, 0.25) is 0 Å². The fourth-order valence-electron chi connectivity index (χ4n) is 2.53. The van der Waals surface area contributed by atoms with Crippen LogP contribution in [0.2, 0.25) is 0 Å². The second kappa shape index (κ2) is 5.78. The summed E-state index contributed by atoms with van der Waals surface area (Å²) in [5.41, 5.74) is 0.282. The first kappa shape index (κ1) is 15.4. The summed E-state index contributed by atoms with van der Waals surface area (Å²) in [6.07, 6.45) is 1.37. The molecule has 1 unspecified atom stereocenters. The van der Waals surface area contributed by atoms with Crippen molar-refractivity contribution in [3.8, 4) is 0 Å². The molecule has 0 radical (unpaired) electrons. The van der Waals surface area contributed by atoms with Crippen LogP contribution in [-0.4, -0.2) is 25.3 Å². The lowest BCUT2D eigenvalue weighted by molar-refractivity contribution is 0.143. The molecule has 4 heteroatoms. The summed E-state index contributed by atoms with van der Waals surface area (Å²) in [6.45, 7) is 8.30. The third-order valence-corrected chi connectivity index (χ3v) is 3.78. The van der Waals surface area contributed by atoms with Crippen LogP contribution in [0.4, 0.5) is 8.78 Å². The molecule has 1 aliphatic heterocycles. The lowest BCUT2D eigenvalue weighted by Crippen LogP contribution is -2.45. The van der Waals surface area contributed by atoms with E-state index in [1.165, 1.54) is 0 Å². The Kier molecular flexibility index (Phi) is 4.45. The molecule has 1 N–H and O–H groups in total. The average molecular weight is 283 g/mol. The predicted molar refractivity (Wildman–Crippen MR) is 75.7 cm³/mol. The van der Waals surface area contributed by atoms with Crippen LogP contribution in [0.5, 0.6) is 0 Å². The largest absolute Gasteiger partial charge is 0.381 e. The van der Waals surface area contributed by atoms with Gasteiger partial charge in [-0.1, -0.05) is 12.1 Å². The third kappa shape index (κ3) is 3.76. The standard InChI is InChI=1S/C16H23F2NO/c1-15(2,3)19-10-16(7-8-20-11-16)9-12-5-4-6-13(17)14(12)18/h4-6,19H,7-11H2,1-3H3. The summed E-state index contributed by atoms with van der Waals surface area (Å²) < 4.78 is 32.7. The molecule has 1 aromatic rings. The minimum absolute atomic E-state index is 0.00390. The molecule has 1 atom stereocenters. The van der Waals surface area contributed by atoms with Crippen LogP contribution in [0.15, 0.2) is 18.2 Å². The molecule has 1 fully saturated rings. The topological polar surface area (TPSA) is 21.3 Å². The molecule has 1 aliphatic rings. The maximum Gasteiger partial charge on any atom is 0.162 e. The molecular weight excluding hydrogens is 260 g/mol. The summed E-state index contributed by atoms with van der Waals surface area (Å²) in [4.78, 5) is 0. The molecule has 0 amide bonds. The highest BCUT2D eigenvalue weighted by molar-refractivity contribution is 5.21. The lowest BCUT2D eigenvalue weighted by Gasteiger charge is -2.32. The molecule has 0 aromatic heterocycles. The molecule has 0 aliphatic carbocycles. The fraction of sp³-hybridized carbons (Fsp3) is 0.625. The van der Waals surface area contributed by atoms with E-state index in [0.717, 1.165) is 19.0 Å². The van der Waals surface area contributed by atoms with Crippen molar-refractivity contribution >= 4 is 0 Å². The number of halogens is 2. The van der Waals surface area contributed by atoms with Gasteiger partial charge in [-0.05, 0) is 45.2 Å². The fourth-order valence-corrected chi connectivity index (χ4v) is 2.53. The Bertz CT molecular complexity index is 462. The first-order chi connectivity index (χ1) is 9.31. The second-order valence-electron chi connectivity index (χ2n) is 6.80. The number of benzene rings is 1. The monoisotopic (exact) mass is 283 g/mol. The highest BCUT2D eigenvalue weighted by atomic mass is 19.2. The van der Waals surface area contributed by atoms with E-state index in [9.17, 15) is 8.78 Å². The summed E-state index contributed by atoms with van der Waals surface area (Å²) in [5.74, 6) is -1.50.